The molecule has 2 rings (SSSR count). The minimum atomic E-state index is -0.0200. The Labute approximate surface area is 127 Å². The van der Waals surface area contributed by atoms with Crippen LogP contribution in [0.5, 0.6) is 0 Å². The molecular weight excluding hydrogens is 290 g/mol. The molecule has 0 saturated carbocycles. The maximum Gasteiger partial charge on any atom is 0.226 e. The summed E-state index contributed by atoms with van der Waals surface area (Å²) in [6.45, 7) is 2.13. The average molecular weight is 307 g/mol. The lowest BCUT2D eigenvalue weighted by Gasteiger charge is -2.03. The minimum Gasteiger partial charge on any atom is -0.300 e. The number of aryl methyl sites for hydroxylation is 2. The van der Waals surface area contributed by atoms with Crippen molar-refractivity contribution >= 4 is 34.1 Å². The lowest BCUT2D eigenvalue weighted by Crippen LogP contribution is -2.12. The van der Waals surface area contributed by atoms with E-state index in [1.807, 2.05) is 6.26 Å². The molecule has 1 heterocycles. The van der Waals surface area contributed by atoms with Gasteiger partial charge in [0.25, 0.3) is 0 Å². The van der Waals surface area contributed by atoms with Gasteiger partial charge in [0, 0.05) is 6.42 Å². The van der Waals surface area contributed by atoms with Crippen molar-refractivity contribution in [2.45, 2.75) is 30.5 Å². The van der Waals surface area contributed by atoms with E-state index in [0.29, 0.717) is 11.6 Å². The summed E-state index contributed by atoms with van der Waals surface area (Å²) in [6.07, 6.45) is 4.17. The molecule has 20 heavy (non-hydrogen) atoms. The van der Waals surface area contributed by atoms with Gasteiger partial charge < -0.3 is 5.32 Å². The van der Waals surface area contributed by atoms with Gasteiger partial charge in [-0.1, -0.05) is 54.3 Å². The summed E-state index contributed by atoms with van der Waals surface area (Å²) in [4.78, 5) is 11.8. The van der Waals surface area contributed by atoms with E-state index in [1.165, 1.54) is 34.2 Å². The second kappa shape index (κ2) is 7.40. The molecule has 0 aliphatic heterocycles. The van der Waals surface area contributed by atoms with E-state index in [2.05, 4.69) is 46.7 Å². The maximum absolute atomic E-state index is 11.8. The van der Waals surface area contributed by atoms with E-state index >= 15 is 0 Å². The van der Waals surface area contributed by atoms with Crippen LogP contribution in [-0.2, 0) is 17.6 Å². The van der Waals surface area contributed by atoms with Crippen molar-refractivity contribution in [3.05, 3.63) is 35.4 Å². The molecule has 0 fully saturated rings. The number of anilines is 1. The van der Waals surface area contributed by atoms with Gasteiger partial charge in [-0.3, -0.25) is 4.79 Å². The number of benzene rings is 1. The van der Waals surface area contributed by atoms with Crippen molar-refractivity contribution in [1.82, 2.24) is 10.2 Å². The Balaban J connectivity index is 1.82. The van der Waals surface area contributed by atoms with E-state index in [4.69, 9.17) is 0 Å². The number of nitrogens with one attached hydrogen (secondary N) is 1. The fourth-order valence-electron chi connectivity index (χ4n) is 1.72. The fourth-order valence-corrected chi connectivity index (χ4v) is 2.91. The number of aromatic nitrogens is 2. The van der Waals surface area contributed by atoms with E-state index in [-0.39, 0.29) is 5.91 Å². The van der Waals surface area contributed by atoms with Gasteiger partial charge in [-0.15, -0.1) is 10.2 Å². The van der Waals surface area contributed by atoms with Crippen LogP contribution in [0.4, 0.5) is 5.13 Å². The van der Waals surface area contributed by atoms with Crippen LogP contribution in [0.25, 0.3) is 0 Å². The van der Waals surface area contributed by atoms with Crippen LogP contribution in [0.1, 0.15) is 24.5 Å². The lowest BCUT2D eigenvalue weighted by atomic mass is 10.1. The lowest BCUT2D eigenvalue weighted by molar-refractivity contribution is -0.116. The summed E-state index contributed by atoms with van der Waals surface area (Å²) in [5.74, 6) is -0.0200. The van der Waals surface area contributed by atoms with Gasteiger partial charge in [0.2, 0.25) is 11.0 Å². The van der Waals surface area contributed by atoms with Crippen LogP contribution >= 0.6 is 23.1 Å². The van der Waals surface area contributed by atoms with Gasteiger partial charge in [0.15, 0.2) is 4.34 Å². The van der Waals surface area contributed by atoms with Gasteiger partial charge in [0.05, 0.1) is 0 Å². The number of thioether (sulfide) groups is 1. The van der Waals surface area contributed by atoms with Crippen LogP contribution in [0.3, 0.4) is 0 Å². The topological polar surface area (TPSA) is 54.9 Å². The normalized spacial score (nSPS) is 10.5. The van der Waals surface area contributed by atoms with Crippen molar-refractivity contribution in [2.24, 2.45) is 0 Å². The summed E-state index contributed by atoms with van der Waals surface area (Å²) < 4.78 is 0.857. The number of hydrogen-bond donors (Lipinski definition) is 1. The third-order valence-corrected chi connectivity index (χ3v) is 4.71. The highest BCUT2D eigenvalue weighted by Crippen LogP contribution is 2.23. The summed E-state index contributed by atoms with van der Waals surface area (Å²) >= 11 is 2.92. The quantitative estimate of drug-likeness (QED) is 0.656. The molecule has 0 bridgehead atoms. The van der Waals surface area contributed by atoms with Crippen molar-refractivity contribution in [2.75, 3.05) is 11.6 Å². The standard InChI is InChI=1S/C14H17N3OS2/c1-3-10-4-6-11(7-5-10)8-9-12(18)15-13-16-17-14(19-2)20-13/h4-7H,3,8-9H2,1-2H3,(H,15,16,18). The van der Waals surface area contributed by atoms with Crippen LogP contribution in [0.15, 0.2) is 28.6 Å². The molecule has 1 N–H and O–H groups in total. The first kappa shape index (κ1) is 15.0. The molecule has 0 radical (unpaired) electrons. The molecule has 1 aromatic heterocycles. The van der Waals surface area contributed by atoms with E-state index in [1.54, 1.807) is 0 Å². The van der Waals surface area contributed by atoms with Gasteiger partial charge in [-0.25, -0.2) is 0 Å². The largest absolute Gasteiger partial charge is 0.300 e. The van der Waals surface area contributed by atoms with Crippen molar-refractivity contribution in [3.8, 4) is 0 Å². The Morgan fingerprint density at radius 1 is 1.25 bits per heavy atom. The maximum atomic E-state index is 11.8. The number of nitrogens with zero attached hydrogens (tertiary/aromatic N) is 2. The molecule has 1 amide bonds. The zero-order chi connectivity index (χ0) is 14.4. The average Bonchev–Trinajstić information content (AvgIpc) is 2.93. The molecule has 6 heteroatoms. The zero-order valence-corrected chi connectivity index (χ0v) is 13.2. The second-order valence-electron chi connectivity index (χ2n) is 4.30. The van der Waals surface area contributed by atoms with Gasteiger partial charge in [-0.05, 0) is 30.2 Å². The Kier molecular flexibility index (Phi) is 5.55. The smallest absolute Gasteiger partial charge is 0.226 e. The highest BCUT2D eigenvalue weighted by Gasteiger charge is 2.07. The number of rotatable bonds is 6. The van der Waals surface area contributed by atoms with Crippen LogP contribution in [0, 0.1) is 0 Å². The molecule has 0 unspecified atom stereocenters. The predicted molar refractivity (Wildman–Crippen MR) is 84.5 cm³/mol. The third kappa shape index (κ3) is 4.31. The minimum absolute atomic E-state index is 0.0200. The van der Waals surface area contributed by atoms with Gasteiger partial charge in [-0.2, -0.15) is 0 Å². The highest BCUT2D eigenvalue weighted by molar-refractivity contribution is 8.00. The Morgan fingerprint density at radius 2 is 1.95 bits per heavy atom. The van der Waals surface area contributed by atoms with E-state index < -0.39 is 0 Å². The number of carbonyl (C=O) groups excluding carboxylic acids is 1. The van der Waals surface area contributed by atoms with Crippen molar-refractivity contribution in [1.29, 1.82) is 0 Å². The predicted octanol–water partition coefficient (Wildman–Crippen LogP) is 3.39. The third-order valence-electron chi connectivity index (χ3n) is 2.90. The summed E-state index contributed by atoms with van der Waals surface area (Å²) in [6, 6.07) is 8.40. The van der Waals surface area contributed by atoms with Crippen molar-refractivity contribution < 1.29 is 4.79 Å². The SMILES string of the molecule is CCc1ccc(CCC(=O)Nc2nnc(SC)s2)cc1. The van der Waals surface area contributed by atoms with E-state index in [9.17, 15) is 4.79 Å². The van der Waals surface area contributed by atoms with Crippen LogP contribution < -0.4 is 5.32 Å². The van der Waals surface area contributed by atoms with Gasteiger partial charge >= 0.3 is 0 Å². The number of amides is 1. The molecule has 2 aromatic rings. The summed E-state index contributed by atoms with van der Waals surface area (Å²) in [7, 11) is 0. The van der Waals surface area contributed by atoms with Crippen molar-refractivity contribution in [3.63, 3.8) is 0 Å². The molecule has 106 valence electrons. The number of carbonyl (C=O) groups is 1. The summed E-state index contributed by atoms with van der Waals surface area (Å²) in [5, 5.41) is 11.2. The Morgan fingerprint density at radius 3 is 2.55 bits per heavy atom. The molecule has 0 aliphatic carbocycles. The van der Waals surface area contributed by atoms with Gasteiger partial charge in [0.1, 0.15) is 0 Å². The van der Waals surface area contributed by atoms with E-state index in [0.717, 1.165) is 17.2 Å². The first-order valence-electron chi connectivity index (χ1n) is 6.46. The second-order valence-corrected chi connectivity index (χ2v) is 6.33. The molecule has 1 aromatic carbocycles. The molecular formula is C14H17N3OS2. The fraction of sp³-hybridized carbons (Fsp3) is 0.357. The zero-order valence-electron chi connectivity index (χ0n) is 11.5. The first-order valence-corrected chi connectivity index (χ1v) is 8.50. The first-order chi connectivity index (χ1) is 9.71. The molecule has 0 aliphatic rings. The van der Waals surface area contributed by atoms with Crippen LogP contribution in [-0.4, -0.2) is 22.4 Å². The molecule has 0 atom stereocenters. The van der Waals surface area contributed by atoms with Crippen LogP contribution in [0.2, 0.25) is 0 Å². The highest BCUT2D eigenvalue weighted by atomic mass is 32.2. The monoisotopic (exact) mass is 307 g/mol. The molecule has 0 spiro atoms. The Bertz CT molecular complexity index is 566. The summed E-state index contributed by atoms with van der Waals surface area (Å²) in [5.41, 5.74) is 2.50. The molecule has 0 saturated heterocycles. The Hall–Kier alpha value is -1.40. The number of hydrogen-bond acceptors (Lipinski definition) is 5. The molecule has 4 nitrogen and oxygen atoms in total.